The molecule has 1 aliphatic rings. The number of nitrogens with zero attached hydrogens (tertiary/aromatic N) is 1. The second-order valence-electron chi connectivity index (χ2n) is 4.10. The van der Waals surface area contributed by atoms with Crippen LogP contribution in [0.3, 0.4) is 0 Å². The van der Waals surface area contributed by atoms with Crippen molar-refractivity contribution in [2.24, 2.45) is 5.41 Å². The first kappa shape index (κ1) is 12.5. The van der Waals surface area contributed by atoms with E-state index in [0.29, 0.717) is 0 Å². The maximum atomic E-state index is 11.2. The minimum atomic E-state index is -0.641. The van der Waals surface area contributed by atoms with Crippen LogP contribution in [-0.2, 0) is 4.79 Å². The van der Waals surface area contributed by atoms with Crippen LogP contribution in [-0.4, -0.2) is 35.6 Å². The lowest BCUT2D eigenvalue weighted by Gasteiger charge is -2.37. The largest absolute Gasteiger partial charge is 0.481 e. The van der Waals surface area contributed by atoms with Crippen molar-refractivity contribution in [3.63, 3.8) is 0 Å². The maximum absolute atomic E-state index is 11.2. The van der Waals surface area contributed by atoms with E-state index >= 15 is 0 Å². The summed E-state index contributed by atoms with van der Waals surface area (Å²) in [6.45, 7) is 4.48. The molecule has 0 unspecified atom stereocenters. The van der Waals surface area contributed by atoms with Gasteiger partial charge >= 0.3 is 5.97 Å². The Morgan fingerprint density at radius 3 is 2.53 bits per heavy atom. The SMILES string of the molecule is CCC1(C(=O)O)CCN(CC=CCl)CC1. The van der Waals surface area contributed by atoms with Crippen LogP contribution in [0.2, 0.25) is 0 Å². The molecule has 1 rings (SSSR count). The van der Waals surface area contributed by atoms with Gasteiger partial charge in [0.2, 0.25) is 0 Å². The smallest absolute Gasteiger partial charge is 0.309 e. The summed E-state index contributed by atoms with van der Waals surface area (Å²) in [6, 6.07) is 0. The van der Waals surface area contributed by atoms with Gasteiger partial charge in [-0.05, 0) is 32.4 Å². The van der Waals surface area contributed by atoms with Crippen molar-refractivity contribution < 1.29 is 9.90 Å². The van der Waals surface area contributed by atoms with Gasteiger partial charge in [-0.25, -0.2) is 0 Å². The number of hydrogen-bond donors (Lipinski definition) is 1. The topological polar surface area (TPSA) is 40.5 Å². The Bertz CT molecular complexity index is 245. The molecule has 1 fully saturated rings. The van der Waals surface area contributed by atoms with Gasteiger partial charge in [0, 0.05) is 12.1 Å². The fourth-order valence-corrected chi connectivity index (χ4v) is 2.15. The standard InChI is InChI=1S/C11H18ClNO2/c1-2-11(10(14)15)4-8-13(9-5-11)7-3-6-12/h3,6H,2,4-5,7-9H2,1H3,(H,14,15). The number of hydrogen-bond acceptors (Lipinski definition) is 2. The Labute approximate surface area is 95.7 Å². The Morgan fingerprint density at radius 2 is 2.13 bits per heavy atom. The van der Waals surface area contributed by atoms with E-state index in [-0.39, 0.29) is 0 Å². The number of aliphatic carboxylic acids is 1. The molecule has 1 saturated heterocycles. The van der Waals surface area contributed by atoms with Gasteiger partial charge in [-0.3, -0.25) is 9.69 Å². The number of carbonyl (C=O) groups is 1. The summed E-state index contributed by atoms with van der Waals surface area (Å²) in [6.07, 6.45) is 4.10. The Kier molecular flexibility index (Phi) is 4.61. The molecular formula is C11H18ClNO2. The first-order valence-electron chi connectivity index (χ1n) is 5.35. The summed E-state index contributed by atoms with van der Waals surface area (Å²) < 4.78 is 0. The van der Waals surface area contributed by atoms with Gasteiger partial charge in [-0.1, -0.05) is 24.6 Å². The third-order valence-corrected chi connectivity index (χ3v) is 3.57. The highest BCUT2D eigenvalue weighted by Gasteiger charge is 2.39. The molecule has 0 aliphatic carbocycles. The van der Waals surface area contributed by atoms with Crippen LogP contribution in [0, 0.1) is 5.41 Å². The second-order valence-corrected chi connectivity index (χ2v) is 4.35. The summed E-state index contributed by atoms with van der Waals surface area (Å²) in [5.74, 6) is -0.641. The molecule has 0 aromatic rings. The van der Waals surface area contributed by atoms with Crippen molar-refractivity contribution >= 4 is 17.6 Å². The molecule has 0 spiro atoms. The van der Waals surface area contributed by atoms with Crippen LogP contribution in [0.15, 0.2) is 11.6 Å². The van der Waals surface area contributed by atoms with Gasteiger partial charge in [-0.15, -0.1) is 0 Å². The summed E-state index contributed by atoms with van der Waals surface area (Å²) in [5.41, 5.74) is 1.03. The van der Waals surface area contributed by atoms with Gasteiger partial charge in [0.25, 0.3) is 0 Å². The number of likely N-dealkylation sites (tertiary alicyclic amines) is 1. The molecule has 0 aromatic carbocycles. The molecule has 1 N–H and O–H groups in total. The van der Waals surface area contributed by atoms with Gasteiger partial charge in [-0.2, -0.15) is 0 Å². The highest BCUT2D eigenvalue weighted by atomic mass is 35.5. The minimum Gasteiger partial charge on any atom is -0.481 e. The average Bonchev–Trinajstić information content (AvgIpc) is 2.27. The minimum absolute atomic E-state index is 0.485. The first-order valence-corrected chi connectivity index (χ1v) is 5.79. The summed E-state index contributed by atoms with van der Waals surface area (Å²) in [7, 11) is 0. The van der Waals surface area contributed by atoms with Crippen LogP contribution in [0.4, 0.5) is 0 Å². The van der Waals surface area contributed by atoms with E-state index < -0.39 is 11.4 Å². The maximum Gasteiger partial charge on any atom is 0.309 e. The lowest BCUT2D eigenvalue weighted by molar-refractivity contribution is -0.152. The fraction of sp³-hybridized carbons (Fsp3) is 0.727. The molecule has 4 heteroatoms. The normalized spacial score (nSPS) is 22.0. The number of halogens is 1. The van der Waals surface area contributed by atoms with Crippen LogP contribution < -0.4 is 0 Å². The average molecular weight is 232 g/mol. The van der Waals surface area contributed by atoms with E-state index in [9.17, 15) is 9.90 Å². The van der Waals surface area contributed by atoms with Gasteiger partial charge in [0.1, 0.15) is 0 Å². The van der Waals surface area contributed by atoms with E-state index in [4.69, 9.17) is 11.6 Å². The van der Waals surface area contributed by atoms with E-state index in [0.717, 1.165) is 38.9 Å². The van der Waals surface area contributed by atoms with Crippen molar-refractivity contribution in [3.05, 3.63) is 11.6 Å². The summed E-state index contributed by atoms with van der Waals surface area (Å²) >= 11 is 5.45. The molecule has 0 amide bonds. The van der Waals surface area contributed by atoms with Gasteiger partial charge < -0.3 is 5.11 Å². The summed E-state index contributed by atoms with van der Waals surface area (Å²) in [5, 5.41) is 9.20. The van der Waals surface area contributed by atoms with Crippen LogP contribution >= 0.6 is 11.6 Å². The molecular weight excluding hydrogens is 214 g/mol. The second kappa shape index (κ2) is 5.52. The monoisotopic (exact) mass is 231 g/mol. The number of carboxylic acids is 1. The highest BCUT2D eigenvalue weighted by Crippen LogP contribution is 2.34. The number of carboxylic acid groups (broad SMARTS) is 1. The van der Waals surface area contributed by atoms with E-state index in [1.165, 1.54) is 5.54 Å². The zero-order valence-electron chi connectivity index (χ0n) is 9.08. The van der Waals surface area contributed by atoms with Crippen molar-refractivity contribution in [2.45, 2.75) is 26.2 Å². The lowest BCUT2D eigenvalue weighted by atomic mass is 9.76. The van der Waals surface area contributed by atoms with Crippen molar-refractivity contribution in [2.75, 3.05) is 19.6 Å². The molecule has 1 aliphatic heterocycles. The quantitative estimate of drug-likeness (QED) is 0.807. The van der Waals surface area contributed by atoms with E-state index in [1.54, 1.807) is 0 Å². The van der Waals surface area contributed by atoms with E-state index in [2.05, 4.69) is 4.90 Å². The predicted molar refractivity (Wildman–Crippen MR) is 61.0 cm³/mol. The molecule has 0 radical (unpaired) electrons. The fourth-order valence-electron chi connectivity index (χ4n) is 2.07. The third kappa shape index (κ3) is 2.95. The zero-order chi connectivity index (χ0) is 11.3. The number of piperidine rings is 1. The Morgan fingerprint density at radius 1 is 1.53 bits per heavy atom. The first-order chi connectivity index (χ1) is 7.14. The molecule has 3 nitrogen and oxygen atoms in total. The predicted octanol–water partition coefficient (Wildman–Crippen LogP) is 2.32. The van der Waals surface area contributed by atoms with E-state index in [1.807, 2.05) is 13.0 Å². The van der Waals surface area contributed by atoms with Crippen molar-refractivity contribution in [1.29, 1.82) is 0 Å². The Balaban J connectivity index is 2.49. The zero-order valence-corrected chi connectivity index (χ0v) is 9.83. The molecule has 1 heterocycles. The van der Waals surface area contributed by atoms with Crippen molar-refractivity contribution in [1.82, 2.24) is 4.90 Å². The third-order valence-electron chi connectivity index (χ3n) is 3.40. The molecule has 86 valence electrons. The Hall–Kier alpha value is -0.540. The van der Waals surface area contributed by atoms with Crippen molar-refractivity contribution in [3.8, 4) is 0 Å². The highest BCUT2D eigenvalue weighted by molar-refractivity contribution is 6.25. The van der Waals surface area contributed by atoms with Crippen LogP contribution in [0.1, 0.15) is 26.2 Å². The molecule has 0 atom stereocenters. The summed E-state index contributed by atoms with van der Waals surface area (Å²) in [4.78, 5) is 13.4. The number of rotatable bonds is 4. The van der Waals surface area contributed by atoms with Crippen LogP contribution in [0.25, 0.3) is 0 Å². The van der Waals surface area contributed by atoms with Gasteiger partial charge in [0.15, 0.2) is 0 Å². The molecule has 0 aromatic heterocycles. The molecule has 0 saturated carbocycles. The van der Waals surface area contributed by atoms with Gasteiger partial charge in [0.05, 0.1) is 5.41 Å². The molecule has 0 bridgehead atoms. The lowest BCUT2D eigenvalue weighted by Crippen LogP contribution is -2.44. The van der Waals surface area contributed by atoms with Crippen LogP contribution in [0.5, 0.6) is 0 Å². The molecule has 15 heavy (non-hydrogen) atoms.